The molecule has 0 amide bonds. The van der Waals surface area contributed by atoms with E-state index in [1.165, 1.54) is 0 Å². The number of sulfone groups is 1. The van der Waals surface area contributed by atoms with Crippen LogP contribution >= 0.6 is 0 Å². The van der Waals surface area contributed by atoms with E-state index >= 15 is 0 Å². The molecule has 0 radical (unpaired) electrons. The zero-order chi connectivity index (χ0) is 34.7. The van der Waals surface area contributed by atoms with Gasteiger partial charge in [0.15, 0.2) is 14.6 Å². The van der Waals surface area contributed by atoms with Crippen LogP contribution in [0.5, 0.6) is 0 Å². The maximum atomic E-state index is 14.6. The van der Waals surface area contributed by atoms with Crippen molar-refractivity contribution in [1.29, 1.82) is 0 Å². The van der Waals surface area contributed by atoms with Crippen molar-refractivity contribution in [3.8, 4) is 0 Å². The van der Waals surface area contributed by atoms with Gasteiger partial charge in [0, 0.05) is 12.0 Å². The number of unbranched alkanes of at least 4 members (excludes halogenated alkanes) is 3. The Bertz CT molecular complexity index is 1500. The smallest absolute Gasteiger partial charge is 0.210 e. The molecular formula is C40H56O7SSi. The summed E-state index contributed by atoms with van der Waals surface area (Å²) in [5.74, 6) is 0. The molecule has 268 valence electrons. The van der Waals surface area contributed by atoms with Gasteiger partial charge in [-0.25, -0.2) is 8.42 Å². The van der Waals surface area contributed by atoms with E-state index in [-0.39, 0.29) is 17.9 Å². The van der Waals surface area contributed by atoms with Crippen molar-refractivity contribution >= 4 is 18.2 Å². The van der Waals surface area contributed by atoms with Gasteiger partial charge in [-0.2, -0.15) is 0 Å². The molecule has 3 aromatic rings. The summed E-state index contributed by atoms with van der Waals surface area (Å²) in [7, 11) is -6.16. The van der Waals surface area contributed by atoms with Crippen LogP contribution in [0.25, 0.3) is 0 Å². The van der Waals surface area contributed by atoms with Crippen molar-refractivity contribution in [3.05, 3.63) is 102 Å². The Balaban J connectivity index is 1.47. The van der Waals surface area contributed by atoms with Crippen LogP contribution in [-0.4, -0.2) is 53.2 Å². The highest BCUT2D eigenvalue weighted by atomic mass is 32.2. The standard InChI is InChI=1S/C40H56O7SSi/c1-5-8-25-49(26-9-6-2,27-10-7-3)47-37-30-44-39(34-19-15-12-16-20-34)45-36(37)28-40(48(41,42)35-23-21-32(4)22-24-35)38(46-40)31-43-29-33-17-13-11-14-18-33/h11-24,36-39H,5-10,25-31H2,1-4H3/t36-,37-,38+,39+,40+/m0/s1. The topological polar surface area (TPSA) is 83.6 Å². The van der Waals surface area contributed by atoms with E-state index in [1.807, 2.05) is 79.7 Å². The molecule has 0 N–H and O–H groups in total. The second-order valence-electron chi connectivity index (χ2n) is 13.8. The fourth-order valence-electron chi connectivity index (χ4n) is 6.97. The molecule has 0 aromatic heterocycles. The Morgan fingerprint density at radius 3 is 2.00 bits per heavy atom. The van der Waals surface area contributed by atoms with Crippen LogP contribution in [-0.2, 0) is 39.8 Å². The van der Waals surface area contributed by atoms with Crippen LogP contribution < -0.4 is 0 Å². The number of ether oxygens (including phenoxy) is 4. The first-order valence-electron chi connectivity index (χ1n) is 18.4. The van der Waals surface area contributed by atoms with Crippen LogP contribution in [0.4, 0.5) is 0 Å². The molecule has 0 spiro atoms. The van der Waals surface area contributed by atoms with Gasteiger partial charge in [-0.05, 0) is 42.8 Å². The van der Waals surface area contributed by atoms with E-state index in [1.54, 1.807) is 12.1 Å². The van der Waals surface area contributed by atoms with Gasteiger partial charge in [-0.15, -0.1) is 0 Å². The van der Waals surface area contributed by atoms with Crippen molar-refractivity contribution in [2.75, 3.05) is 13.2 Å². The lowest BCUT2D eigenvalue weighted by Crippen LogP contribution is -2.52. The Morgan fingerprint density at radius 2 is 1.41 bits per heavy atom. The van der Waals surface area contributed by atoms with Gasteiger partial charge in [0.05, 0.1) is 36.9 Å². The normalized spacial score (nSPS) is 24.2. The van der Waals surface area contributed by atoms with Crippen molar-refractivity contribution in [1.82, 2.24) is 0 Å². The summed E-state index contributed by atoms with van der Waals surface area (Å²) in [5, 5.41) is 0. The zero-order valence-corrected chi connectivity index (χ0v) is 31.7. The summed E-state index contributed by atoms with van der Waals surface area (Å²) < 4.78 is 62.2. The van der Waals surface area contributed by atoms with Gasteiger partial charge in [0.2, 0.25) is 14.8 Å². The lowest BCUT2D eigenvalue weighted by molar-refractivity contribution is -0.255. The maximum Gasteiger partial charge on any atom is 0.210 e. The third-order valence-corrected chi connectivity index (χ3v) is 16.9. The third-order valence-electron chi connectivity index (χ3n) is 9.98. The van der Waals surface area contributed by atoms with Crippen LogP contribution in [0, 0.1) is 6.92 Å². The first kappa shape index (κ1) is 37.9. The first-order valence-corrected chi connectivity index (χ1v) is 22.4. The molecule has 3 aromatic carbocycles. The minimum absolute atomic E-state index is 0.125. The quantitative estimate of drug-likeness (QED) is 0.0855. The highest BCUT2D eigenvalue weighted by Crippen LogP contribution is 2.51. The summed E-state index contributed by atoms with van der Waals surface area (Å²) in [5.41, 5.74) is 2.91. The zero-order valence-electron chi connectivity index (χ0n) is 29.9. The van der Waals surface area contributed by atoms with Gasteiger partial charge < -0.3 is 23.4 Å². The minimum Gasteiger partial charge on any atom is -0.409 e. The van der Waals surface area contributed by atoms with E-state index in [0.717, 1.165) is 73.3 Å². The highest BCUT2D eigenvalue weighted by Gasteiger charge is 2.68. The van der Waals surface area contributed by atoms with E-state index in [0.29, 0.717) is 13.2 Å². The van der Waals surface area contributed by atoms with Gasteiger partial charge in [0.25, 0.3) is 0 Å². The molecule has 2 heterocycles. The average Bonchev–Trinajstić information content (AvgIpc) is 3.84. The second-order valence-corrected chi connectivity index (χ2v) is 20.1. The van der Waals surface area contributed by atoms with Gasteiger partial charge in [-0.1, -0.05) is 138 Å². The second kappa shape index (κ2) is 17.7. The highest BCUT2D eigenvalue weighted by molar-refractivity contribution is 7.93. The number of benzene rings is 3. The molecule has 9 heteroatoms. The van der Waals surface area contributed by atoms with E-state index in [2.05, 4.69) is 20.8 Å². The van der Waals surface area contributed by atoms with E-state index < -0.39 is 47.7 Å². The average molecular weight is 709 g/mol. The fraction of sp³-hybridized carbons (Fsp3) is 0.550. The summed E-state index contributed by atoms with van der Waals surface area (Å²) in [6, 6.07) is 30.1. The fourth-order valence-corrected chi connectivity index (χ4v) is 13.9. The molecule has 2 aliphatic rings. The summed E-state index contributed by atoms with van der Waals surface area (Å²) >= 11 is 0. The van der Waals surface area contributed by atoms with E-state index in [4.69, 9.17) is 23.4 Å². The predicted octanol–water partition coefficient (Wildman–Crippen LogP) is 9.32. The molecule has 5 rings (SSSR count). The molecule has 2 fully saturated rings. The largest absolute Gasteiger partial charge is 0.409 e. The number of rotatable bonds is 20. The molecule has 2 aliphatic heterocycles. The molecule has 2 saturated heterocycles. The van der Waals surface area contributed by atoms with Gasteiger partial charge in [0.1, 0.15) is 6.10 Å². The molecule has 0 aliphatic carbocycles. The van der Waals surface area contributed by atoms with Crippen LogP contribution in [0.15, 0.2) is 89.8 Å². The SMILES string of the molecule is CCCC[Si](CCCC)(CCCC)O[C@H]1CO[C@@H](c2ccccc2)O[C@H]1C[C@]1(S(=O)(=O)c2ccc(C)cc2)O[C@@H]1COCc1ccccc1. The number of aryl methyl sites for hydroxylation is 1. The molecule has 0 bridgehead atoms. The number of hydrogen-bond acceptors (Lipinski definition) is 7. The molecule has 0 unspecified atom stereocenters. The van der Waals surface area contributed by atoms with E-state index in [9.17, 15) is 8.42 Å². The number of hydrogen-bond donors (Lipinski definition) is 0. The maximum absolute atomic E-state index is 14.6. The first-order chi connectivity index (χ1) is 23.8. The van der Waals surface area contributed by atoms with Crippen LogP contribution in [0.2, 0.25) is 18.1 Å². The predicted molar refractivity (Wildman–Crippen MR) is 196 cm³/mol. The molecule has 49 heavy (non-hydrogen) atoms. The Morgan fingerprint density at radius 1 is 0.816 bits per heavy atom. The Labute approximate surface area is 295 Å². The summed E-state index contributed by atoms with van der Waals surface area (Å²) in [4.78, 5) is -1.27. The molecule has 0 saturated carbocycles. The van der Waals surface area contributed by atoms with Crippen molar-refractivity contribution in [2.24, 2.45) is 0 Å². The Kier molecular flexibility index (Phi) is 13.7. The third kappa shape index (κ3) is 9.50. The van der Waals surface area contributed by atoms with Crippen molar-refractivity contribution in [3.63, 3.8) is 0 Å². The van der Waals surface area contributed by atoms with Crippen molar-refractivity contribution < 1.29 is 31.8 Å². The van der Waals surface area contributed by atoms with Crippen LogP contribution in [0.1, 0.15) is 88.7 Å². The lowest BCUT2D eigenvalue weighted by atomic mass is 10.0. The summed E-state index contributed by atoms with van der Waals surface area (Å²) in [6.07, 6.45) is 4.61. The monoisotopic (exact) mass is 708 g/mol. The summed E-state index contributed by atoms with van der Waals surface area (Å²) in [6.45, 7) is 9.53. The minimum atomic E-state index is -3.95. The van der Waals surface area contributed by atoms with Gasteiger partial charge in [-0.3, -0.25) is 0 Å². The molecule has 5 atom stereocenters. The van der Waals surface area contributed by atoms with Gasteiger partial charge >= 0.3 is 0 Å². The molecule has 7 nitrogen and oxygen atoms in total. The number of epoxide rings is 1. The van der Waals surface area contributed by atoms with Crippen LogP contribution in [0.3, 0.4) is 0 Å². The molecular weight excluding hydrogens is 653 g/mol. The lowest BCUT2D eigenvalue weighted by Gasteiger charge is -2.43. The van der Waals surface area contributed by atoms with Crippen molar-refractivity contribution in [2.45, 2.75) is 132 Å². The Hall–Kier alpha value is -2.37.